The molecule has 2 aliphatic carbocycles. The van der Waals surface area contributed by atoms with Crippen molar-refractivity contribution in [3.63, 3.8) is 0 Å². The molecule has 3 rings (SSSR count). The summed E-state index contributed by atoms with van der Waals surface area (Å²) in [6, 6.07) is 0. The first-order chi connectivity index (χ1) is 9.78. The standard InChI is InChI=1S/C13H16O6S2/c1-3-11(15)20-6-10(14)18-13(2)7-4-8-9(5-7)21(16,17)19-12(8)13/h3,7-9,12H,1,4-6H2,2H3. The van der Waals surface area contributed by atoms with Crippen molar-refractivity contribution in [3.8, 4) is 0 Å². The minimum atomic E-state index is -3.53. The van der Waals surface area contributed by atoms with Crippen LogP contribution in [-0.2, 0) is 28.6 Å². The number of ether oxygens (including phenoxy) is 1. The zero-order valence-corrected chi connectivity index (χ0v) is 13.1. The average Bonchev–Trinajstić information content (AvgIpc) is 3.01. The van der Waals surface area contributed by atoms with Crippen molar-refractivity contribution in [3.05, 3.63) is 12.7 Å². The highest BCUT2D eigenvalue weighted by atomic mass is 32.2. The van der Waals surface area contributed by atoms with Crippen molar-refractivity contribution in [2.24, 2.45) is 11.8 Å². The molecule has 116 valence electrons. The molecule has 0 aromatic rings. The van der Waals surface area contributed by atoms with Gasteiger partial charge in [0.1, 0.15) is 11.7 Å². The largest absolute Gasteiger partial charge is 0.456 e. The van der Waals surface area contributed by atoms with E-state index in [9.17, 15) is 18.0 Å². The summed E-state index contributed by atoms with van der Waals surface area (Å²) < 4.78 is 34.5. The van der Waals surface area contributed by atoms with Gasteiger partial charge in [0.05, 0.1) is 11.0 Å². The van der Waals surface area contributed by atoms with Crippen LogP contribution in [-0.4, -0.2) is 42.2 Å². The lowest BCUT2D eigenvalue weighted by Crippen LogP contribution is -2.48. The second kappa shape index (κ2) is 4.82. The Morgan fingerprint density at radius 3 is 2.86 bits per heavy atom. The molecule has 3 fully saturated rings. The van der Waals surface area contributed by atoms with Gasteiger partial charge in [0.2, 0.25) is 5.12 Å². The lowest BCUT2D eigenvalue weighted by molar-refractivity contribution is -0.169. The number of hydrogen-bond donors (Lipinski definition) is 0. The van der Waals surface area contributed by atoms with Gasteiger partial charge < -0.3 is 4.74 Å². The highest BCUT2D eigenvalue weighted by Crippen LogP contribution is 2.60. The van der Waals surface area contributed by atoms with Gasteiger partial charge in [-0.05, 0) is 25.8 Å². The maximum atomic E-state index is 11.9. The number of thioether (sulfide) groups is 1. The second-order valence-electron chi connectivity index (χ2n) is 5.85. The van der Waals surface area contributed by atoms with Crippen LogP contribution < -0.4 is 0 Å². The summed E-state index contributed by atoms with van der Waals surface area (Å²) in [7, 11) is -3.53. The van der Waals surface area contributed by atoms with Crippen LogP contribution in [0, 0.1) is 11.8 Å². The normalized spacial score (nSPS) is 42.0. The third kappa shape index (κ3) is 2.24. The Labute approximate surface area is 127 Å². The molecule has 0 aromatic carbocycles. The molecule has 21 heavy (non-hydrogen) atoms. The van der Waals surface area contributed by atoms with Crippen molar-refractivity contribution < 1.29 is 26.9 Å². The van der Waals surface area contributed by atoms with E-state index in [1.165, 1.54) is 0 Å². The highest BCUT2D eigenvalue weighted by Gasteiger charge is 2.70. The van der Waals surface area contributed by atoms with Crippen LogP contribution in [0.1, 0.15) is 19.8 Å². The van der Waals surface area contributed by atoms with Crippen LogP contribution in [0.5, 0.6) is 0 Å². The maximum Gasteiger partial charge on any atom is 0.317 e. The third-order valence-electron chi connectivity index (χ3n) is 4.76. The summed E-state index contributed by atoms with van der Waals surface area (Å²) in [4.78, 5) is 23.0. The first kappa shape index (κ1) is 15.1. The second-order valence-corrected chi connectivity index (χ2v) is 8.61. The molecule has 0 aromatic heterocycles. The fourth-order valence-corrected chi connectivity index (χ4v) is 6.15. The predicted octanol–water partition coefficient (Wildman–Crippen LogP) is 0.871. The van der Waals surface area contributed by atoms with E-state index >= 15 is 0 Å². The Kier molecular flexibility index (Phi) is 3.46. The topological polar surface area (TPSA) is 86.7 Å². The Morgan fingerprint density at radius 2 is 2.19 bits per heavy atom. The van der Waals surface area contributed by atoms with Gasteiger partial charge in [0, 0.05) is 11.8 Å². The number of fused-ring (bicyclic) bond motifs is 1. The van der Waals surface area contributed by atoms with Crippen molar-refractivity contribution in [1.82, 2.24) is 0 Å². The van der Waals surface area contributed by atoms with Crippen molar-refractivity contribution >= 4 is 33.0 Å². The lowest BCUT2D eigenvalue weighted by atomic mass is 9.83. The SMILES string of the molecule is C=CC(=O)SCC(=O)OC1(C)C2CC3C1OS(=O)(=O)C3C2. The van der Waals surface area contributed by atoms with E-state index in [-0.39, 0.29) is 22.7 Å². The molecule has 2 bridgehead atoms. The van der Waals surface area contributed by atoms with Crippen molar-refractivity contribution in [2.75, 3.05) is 5.75 Å². The molecule has 3 aliphatic rings. The van der Waals surface area contributed by atoms with Gasteiger partial charge in [-0.1, -0.05) is 18.3 Å². The van der Waals surface area contributed by atoms with Gasteiger partial charge in [0.15, 0.2) is 0 Å². The van der Waals surface area contributed by atoms with Crippen LogP contribution in [0.2, 0.25) is 0 Å². The Hall–Kier alpha value is -0.860. The minimum absolute atomic E-state index is 0.00108. The molecule has 2 saturated carbocycles. The summed E-state index contributed by atoms with van der Waals surface area (Å²) in [5.41, 5.74) is -0.917. The molecular weight excluding hydrogens is 316 g/mol. The van der Waals surface area contributed by atoms with Crippen LogP contribution in [0.25, 0.3) is 0 Å². The highest BCUT2D eigenvalue weighted by molar-refractivity contribution is 8.14. The van der Waals surface area contributed by atoms with Gasteiger partial charge in [0.25, 0.3) is 10.1 Å². The first-order valence-corrected chi connectivity index (χ1v) is 9.17. The van der Waals surface area contributed by atoms with Gasteiger partial charge in [-0.15, -0.1) is 0 Å². The van der Waals surface area contributed by atoms with Gasteiger partial charge >= 0.3 is 5.97 Å². The van der Waals surface area contributed by atoms with E-state index in [4.69, 9.17) is 8.92 Å². The molecule has 1 heterocycles. The summed E-state index contributed by atoms with van der Waals surface area (Å²) in [6.45, 7) is 5.06. The molecule has 1 aliphatic heterocycles. The monoisotopic (exact) mass is 332 g/mol. The Bertz CT molecular complexity index is 612. The fraction of sp³-hybridized carbons (Fsp3) is 0.692. The van der Waals surface area contributed by atoms with Gasteiger partial charge in [-0.3, -0.25) is 13.8 Å². The molecule has 5 atom stereocenters. The predicted molar refractivity (Wildman–Crippen MR) is 76.0 cm³/mol. The molecule has 0 spiro atoms. The molecule has 6 nitrogen and oxygen atoms in total. The first-order valence-electron chi connectivity index (χ1n) is 6.71. The maximum absolute atomic E-state index is 11.9. The third-order valence-corrected chi connectivity index (χ3v) is 7.35. The molecule has 0 N–H and O–H groups in total. The smallest absolute Gasteiger partial charge is 0.317 e. The molecule has 1 saturated heterocycles. The summed E-state index contributed by atoms with van der Waals surface area (Å²) >= 11 is 0.815. The van der Waals surface area contributed by atoms with Crippen molar-refractivity contribution in [2.45, 2.75) is 36.7 Å². The van der Waals surface area contributed by atoms with Crippen LogP contribution >= 0.6 is 11.8 Å². The van der Waals surface area contributed by atoms with Crippen LogP contribution in [0.15, 0.2) is 12.7 Å². The molecule has 0 radical (unpaired) electrons. The number of carbonyl (C=O) groups is 2. The lowest BCUT2D eigenvalue weighted by Gasteiger charge is -2.36. The van der Waals surface area contributed by atoms with E-state index in [0.29, 0.717) is 12.8 Å². The fourth-order valence-electron chi connectivity index (χ4n) is 3.80. The number of esters is 1. The number of rotatable bonds is 4. The summed E-state index contributed by atoms with van der Waals surface area (Å²) in [5.74, 6) is -0.727. The van der Waals surface area contributed by atoms with Gasteiger partial charge in [-0.25, -0.2) is 0 Å². The van der Waals surface area contributed by atoms with E-state index in [0.717, 1.165) is 17.8 Å². The van der Waals surface area contributed by atoms with Gasteiger partial charge in [-0.2, -0.15) is 8.42 Å². The van der Waals surface area contributed by atoms with Crippen LogP contribution in [0.3, 0.4) is 0 Å². The number of carbonyl (C=O) groups excluding carboxylic acids is 2. The summed E-state index contributed by atoms with van der Waals surface area (Å²) in [6.07, 6.45) is 1.73. The molecule has 5 unspecified atom stereocenters. The van der Waals surface area contributed by atoms with E-state index in [1.54, 1.807) is 6.92 Å². The Balaban J connectivity index is 1.70. The quantitative estimate of drug-likeness (QED) is 0.429. The minimum Gasteiger partial charge on any atom is -0.456 e. The van der Waals surface area contributed by atoms with E-state index in [1.807, 2.05) is 0 Å². The summed E-state index contributed by atoms with van der Waals surface area (Å²) in [5, 5.41) is -0.749. The van der Waals surface area contributed by atoms with E-state index in [2.05, 4.69) is 6.58 Å². The number of hydrogen-bond acceptors (Lipinski definition) is 7. The van der Waals surface area contributed by atoms with Crippen molar-refractivity contribution in [1.29, 1.82) is 0 Å². The molecular formula is C13H16O6S2. The average molecular weight is 332 g/mol. The molecule has 8 heteroatoms. The zero-order valence-electron chi connectivity index (χ0n) is 11.5. The van der Waals surface area contributed by atoms with Crippen LogP contribution in [0.4, 0.5) is 0 Å². The zero-order chi connectivity index (χ0) is 15.4. The Morgan fingerprint density at radius 1 is 1.48 bits per heavy atom. The molecule has 0 amide bonds. The van der Waals surface area contributed by atoms with E-state index < -0.39 is 33.0 Å².